The number of hydrogen-bond acceptors (Lipinski definition) is 1. The predicted molar refractivity (Wildman–Crippen MR) is 66.0 cm³/mol. The second kappa shape index (κ2) is 5.69. The second-order valence-corrected chi connectivity index (χ2v) is 5.32. The molecule has 0 aromatic carbocycles. The van der Waals surface area contributed by atoms with Crippen LogP contribution in [0.15, 0.2) is 12.2 Å². The lowest BCUT2D eigenvalue weighted by Gasteiger charge is -2.31. The number of rotatable bonds is 3. The Labute approximate surface area is 94.3 Å². The summed E-state index contributed by atoms with van der Waals surface area (Å²) in [5.74, 6) is 0.939. The summed E-state index contributed by atoms with van der Waals surface area (Å²) in [7, 11) is 0. The van der Waals surface area contributed by atoms with Crippen LogP contribution in [0, 0.1) is 5.92 Å². The molecule has 0 aromatic rings. The van der Waals surface area contributed by atoms with Crippen LogP contribution >= 0.6 is 0 Å². The van der Waals surface area contributed by atoms with Crippen LogP contribution in [0.25, 0.3) is 0 Å². The van der Waals surface area contributed by atoms with Crippen molar-refractivity contribution in [1.82, 2.24) is 5.32 Å². The van der Waals surface area contributed by atoms with Gasteiger partial charge in [0.1, 0.15) is 0 Å². The molecule has 0 amide bonds. The molecule has 1 heteroatoms. The molecule has 15 heavy (non-hydrogen) atoms. The minimum absolute atomic E-state index is 0.663. The third kappa shape index (κ3) is 3.34. The topological polar surface area (TPSA) is 12.0 Å². The van der Waals surface area contributed by atoms with Gasteiger partial charge >= 0.3 is 0 Å². The molecule has 2 aliphatic rings. The van der Waals surface area contributed by atoms with Crippen LogP contribution in [-0.2, 0) is 0 Å². The van der Waals surface area contributed by atoms with Crippen molar-refractivity contribution < 1.29 is 0 Å². The molecule has 0 saturated heterocycles. The monoisotopic (exact) mass is 207 g/mol. The van der Waals surface area contributed by atoms with E-state index in [1.807, 2.05) is 0 Å². The van der Waals surface area contributed by atoms with Crippen molar-refractivity contribution >= 4 is 0 Å². The molecule has 0 radical (unpaired) electrons. The zero-order chi connectivity index (χ0) is 10.5. The van der Waals surface area contributed by atoms with E-state index in [0.29, 0.717) is 6.04 Å². The molecule has 1 saturated carbocycles. The van der Waals surface area contributed by atoms with Gasteiger partial charge in [-0.1, -0.05) is 31.4 Å². The molecule has 2 rings (SSSR count). The van der Waals surface area contributed by atoms with Crippen molar-refractivity contribution in [3.8, 4) is 0 Å². The fourth-order valence-corrected chi connectivity index (χ4v) is 3.06. The van der Waals surface area contributed by atoms with Crippen molar-refractivity contribution in [3.63, 3.8) is 0 Å². The number of hydrogen-bond donors (Lipinski definition) is 1. The van der Waals surface area contributed by atoms with E-state index in [1.54, 1.807) is 0 Å². The molecule has 0 spiro atoms. The molecule has 1 unspecified atom stereocenters. The first-order chi connectivity index (χ1) is 7.36. The van der Waals surface area contributed by atoms with Crippen LogP contribution in [-0.4, -0.2) is 12.1 Å². The average Bonchev–Trinajstić information content (AvgIpc) is 2.31. The Morgan fingerprint density at radius 2 is 1.87 bits per heavy atom. The Balaban J connectivity index is 1.77. The summed E-state index contributed by atoms with van der Waals surface area (Å²) < 4.78 is 0. The zero-order valence-corrected chi connectivity index (χ0v) is 10.0. The maximum absolute atomic E-state index is 3.80. The van der Waals surface area contributed by atoms with Crippen LogP contribution in [0.3, 0.4) is 0 Å². The summed E-state index contributed by atoms with van der Waals surface area (Å²) >= 11 is 0. The molecule has 2 atom stereocenters. The lowest BCUT2D eigenvalue weighted by molar-refractivity contribution is 0.268. The first kappa shape index (κ1) is 11.2. The molecule has 2 aliphatic carbocycles. The quantitative estimate of drug-likeness (QED) is 0.696. The van der Waals surface area contributed by atoms with Gasteiger partial charge in [-0.2, -0.15) is 0 Å². The van der Waals surface area contributed by atoms with E-state index >= 15 is 0 Å². The Bertz CT molecular complexity index is 203. The largest absolute Gasteiger partial charge is 0.308 e. The first-order valence-electron chi connectivity index (χ1n) is 6.79. The SMILES string of the molecule is C[C@@H](NC1C=CCCC1)C1CCCCC1. The maximum Gasteiger partial charge on any atom is 0.0252 e. The van der Waals surface area contributed by atoms with Crippen molar-refractivity contribution in [3.05, 3.63) is 12.2 Å². The van der Waals surface area contributed by atoms with Crippen LogP contribution in [0.1, 0.15) is 58.3 Å². The molecule has 0 heterocycles. The van der Waals surface area contributed by atoms with E-state index in [2.05, 4.69) is 24.4 Å². The zero-order valence-electron chi connectivity index (χ0n) is 10.0. The highest BCUT2D eigenvalue weighted by molar-refractivity contribution is 4.98. The minimum atomic E-state index is 0.663. The normalized spacial score (nSPS) is 30.3. The Hall–Kier alpha value is -0.300. The van der Waals surface area contributed by atoms with E-state index in [4.69, 9.17) is 0 Å². The molecule has 1 nitrogen and oxygen atoms in total. The highest BCUT2D eigenvalue weighted by Crippen LogP contribution is 2.27. The van der Waals surface area contributed by atoms with Gasteiger partial charge in [0.25, 0.3) is 0 Å². The molecule has 0 aliphatic heterocycles. The standard InChI is InChI=1S/C14H25N/c1-12(13-8-4-2-5-9-13)15-14-10-6-3-7-11-14/h6,10,12-15H,2-5,7-9,11H2,1H3/t12-,14?/m1/s1. The van der Waals surface area contributed by atoms with Crippen molar-refractivity contribution in [1.29, 1.82) is 0 Å². The summed E-state index contributed by atoms with van der Waals surface area (Å²) in [6.07, 6.45) is 16.0. The van der Waals surface area contributed by atoms with Crippen molar-refractivity contribution in [2.45, 2.75) is 70.4 Å². The molecule has 1 fully saturated rings. The molecule has 86 valence electrons. The van der Waals surface area contributed by atoms with Gasteiger partial charge in [-0.3, -0.25) is 0 Å². The van der Waals surface area contributed by atoms with Crippen LogP contribution < -0.4 is 5.32 Å². The minimum Gasteiger partial charge on any atom is -0.308 e. The first-order valence-corrected chi connectivity index (χ1v) is 6.79. The second-order valence-electron chi connectivity index (χ2n) is 5.32. The highest BCUT2D eigenvalue weighted by atomic mass is 14.9. The van der Waals surface area contributed by atoms with Gasteiger partial charge in [0.15, 0.2) is 0 Å². The summed E-state index contributed by atoms with van der Waals surface area (Å²) in [5.41, 5.74) is 0. The fourth-order valence-electron chi connectivity index (χ4n) is 3.06. The van der Waals surface area contributed by atoms with E-state index in [0.717, 1.165) is 12.0 Å². The van der Waals surface area contributed by atoms with Gasteiger partial charge in [0.2, 0.25) is 0 Å². The summed E-state index contributed by atoms with van der Waals surface area (Å²) in [4.78, 5) is 0. The predicted octanol–water partition coefficient (Wildman–Crippen LogP) is 3.65. The molecule has 0 bridgehead atoms. The number of allylic oxidation sites excluding steroid dienone is 1. The fraction of sp³-hybridized carbons (Fsp3) is 0.857. The van der Waals surface area contributed by atoms with Crippen LogP contribution in [0.5, 0.6) is 0 Å². The van der Waals surface area contributed by atoms with E-state index in [9.17, 15) is 0 Å². The summed E-state index contributed by atoms with van der Waals surface area (Å²) in [6, 6.07) is 1.38. The summed E-state index contributed by atoms with van der Waals surface area (Å²) in [5, 5.41) is 3.80. The average molecular weight is 207 g/mol. The number of nitrogens with one attached hydrogen (secondary N) is 1. The Morgan fingerprint density at radius 3 is 2.53 bits per heavy atom. The highest BCUT2D eigenvalue weighted by Gasteiger charge is 2.21. The third-order valence-electron chi connectivity index (χ3n) is 4.09. The van der Waals surface area contributed by atoms with Crippen molar-refractivity contribution in [2.24, 2.45) is 5.92 Å². The van der Waals surface area contributed by atoms with Crippen LogP contribution in [0.4, 0.5) is 0 Å². The Morgan fingerprint density at radius 1 is 1.07 bits per heavy atom. The molecule has 1 N–H and O–H groups in total. The van der Waals surface area contributed by atoms with E-state index in [-0.39, 0.29) is 0 Å². The van der Waals surface area contributed by atoms with Gasteiger partial charge in [-0.05, 0) is 44.9 Å². The maximum atomic E-state index is 3.80. The third-order valence-corrected chi connectivity index (χ3v) is 4.09. The lowest BCUT2D eigenvalue weighted by Crippen LogP contribution is -2.41. The molecule has 0 aromatic heterocycles. The van der Waals surface area contributed by atoms with Gasteiger partial charge in [0, 0.05) is 12.1 Å². The lowest BCUT2D eigenvalue weighted by atomic mass is 9.84. The molecular weight excluding hydrogens is 182 g/mol. The van der Waals surface area contributed by atoms with Gasteiger partial charge in [0.05, 0.1) is 0 Å². The van der Waals surface area contributed by atoms with Gasteiger partial charge < -0.3 is 5.32 Å². The van der Waals surface area contributed by atoms with Gasteiger partial charge in [-0.15, -0.1) is 0 Å². The van der Waals surface area contributed by atoms with Crippen molar-refractivity contribution in [2.75, 3.05) is 0 Å². The Kier molecular flexibility index (Phi) is 4.25. The van der Waals surface area contributed by atoms with Gasteiger partial charge in [-0.25, -0.2) is 0 Å². The smallest absolute Gasteiger partial charge is 0.0252 e. The van der Waals surface area contributed by atoms with E-state index in [1.165, 1.54) is 51.4 Å². The molecular formula is C14H25N. The van der Waals surface area contributed by atoms with E-state index < -0.39 is 0 Å². The summed E-state index contributed by atoms with van der Waals surface area (Å²) in [6.45, 7) is 2.39. The van der Waals surface area contributed by atoms with Crippen LogP contribution in [0.2, 0.25) is 0 Å².